The van der Waals surface area contributed by atoms with Gasteiger partial charge in [-0.15, -0.1) is 0 Å². The number of aromatic nitrogens is 3. The van der Waals surface area contributed by atoms with Gasteiger partial charge < -0.3 is 10.2 Å². The van der Waals surface area contributed by atoms with E-state index >= 15 is 0 Å². The fraction of sp³-hybridized carbons (Fsp3) is 0.231. The van der Waals surface area contributed by atoms with E-state index in [2.05, 4.69) is 20.3 Å². The van der Waals surface area contributed by atoms with Gasteiger partial charge in [-0.25, -0.2) is 0 Å². The average Bonchev–Trinajstić information content (AvgIpc) is 2.45. The van der Waals surface area contributed by atoms with E-state index in [1.165, 1.54) is 0 Å². The van der Waals surface area contributed by atoms with E-state index in [0.717, 1.165) is 5.56 Å². The van der Waals surface area contributed by atoms with Gasteiger partial charge in [-0.2, -0.15) is 20.2 Å². The topological polar surface area (TPSA) is 77.7 Å². The molecule has 0 aliphatic rings. The maximum absolute atomic E-state index is 8.92. The first-order valence-corrected chi connectivity index (χ1v) is 6.28. The van der Waals surface area contributed by atoms with Gasteiger partial charge in [0.05, 0.1) is 0 Å². The number of rotatable bonds is 4. The van der Waals surface area contributed by atoms with Gasteiger partial charge >= 0.3 is 0 Å². The molecule has 2 aromatic rings. The second kappa shape index (κ2) is 6.17. The zero-order valence-corrected chi connectivity index (χ0v) is 11.9. The molecule has 0 amide bonds. The van der Waals surface area contributed by atoms with Gasteiger partial charge in [0.15, 0.2) is 0 Å². The van der Waals surface area contributed by atoms with E-state index in [9.17, 15) is 0 Å². The lowest BCUT2D eigenvalue weighted by Crippen LogP contribution is -2.16. The summed E-state index contributed by atoms with van der Waals surface area (Å²) < 4.78 is 0. The summed E-state index contributed by atoms with van der Waals surface area (Å²) in [6.07, 6.45) is 0. The van der Waals surface area contributed by atoms with Crippen molar-refractivity contribution in [3.63, 3.8) is 0 Å². The molecule has 1 N–H and O–H groups in total. The first-order valence-electron chi connectivity index (χ1n) is 5.90. The number of hydrogen-bond donors (Lipinski definition) is 1. The molecule has 0 fully saturated rings. The van der Waals surface area contributed by atoms with Crippen molar-refractivity contribution in [3.8, 4) is 6.07 Å². The van der Waals surface area contributed by atoms with Crippen molar-refractivity contribution >= 4 is 23.5 Å². The Balaban J connectivity index is 2.17. The van der Waals surface area contributed by atoms with Gasteiger partial charge in [0.2, 0.25) is 17.7 Å². The lowest BCUT2D eigenvalue weighted by atomic mass is 10.2. The van der Waals surface area contributed by atoms with Crippen LogP contribution in [0.25, 0.3) is 0 Å². The predicted octanol–water partition coefficient (Wildman–Crippen LogP) is 2.07. The second-order valence-electron chi connectivity index (χ2n) is 4.27. The Kier molecular flexibility index (Phi) is 4.33. The summed E-state index contributed by atoms with van der Waals surface area (Å²) in [5, 5.41) is 12.7. The number of anilines is 2. The zero-order chi connectivity index (χ0) is 14.5. The van der Waals surface area contributed by atoms with Crippen LogP contribution in [0.15, 0.2) is 24.3 Å². The number of benzene rings is 1. The van der Waals surface area contributed by atoms with Crippen LogP contribution >= 0.6 is 11.6 Å². The molecule has 0 aliphatic carbocycles. The third-order valence-corrected chi connectivity index (χ3v) is 2.70. The Labute approximate surface area is 122 Å². The van der Waals surface area contributed by atoms with Crippen LogP contribution < -0.4 is 10.2 Å². The molecule has 7 heteroatoms. The van der Waals surface area contributed by atoms with Gasteiger partial charge in [-0.1, -0.05) is 23.7 Å². The van der Waals surface area contributed by atoms with E-state index in [1.807, 2.05) is 30.3 Å². The Morgan fingerprint density at radius 1 is 1.30 bits per heavy atom. The highest BCUT2D eigenvalue weighted by molar-refractivity contribution is 6.30. The van der Waals surface area contributed by atoms with Crippen LogP contribution in [0.1, 0.15) is 11.4 Å². The van der Waals surface area contributed by atoms with Crippen LogP contribution in [0.4, 0.5) is 11.9 Å². The van der Waals surface area contributed by atoms with E-state index in [0.29, 0.717) is 23.5 Å². The molecule has 1 aromatic carbocycles. The molecule has 0 aliphatic heterocycles. The summed E-state index contributed by atoms with van der Waals surface area (Å²) in [4.78, 5) is 14.0. The molecular formula is C13H13ClN6. The Hall–Kier alpha value is -2.39. The number of halogens is 1. The normalized spacial score (nSPS) is 9.90. The van der Waals surface area contributed by atoms with E-state index in [-0.39, 0.29) is 5.82 Å². The highest BCUT2D eigenvalue weighted by Crippen LogP contribution is 2.13. The van der Waals surface area contributed by atoms with Crippen molar-refractivity contribution in [2.45, 2.75) is 6.54 Å². The minimum atomic E-state index is 0.0808. The molecule has 0 saturated carbocycles. The second-order valence-corrected chi connectivity index (χ2v) is 4.71. The summed E-state index contributed by atoms with van der Waals surface area (Å²) in [5.74, 6) is 0.877. The summed E-state index contributed by atoms with van der Waals surface area (Å²) in [6.45, 7) is 0.516. The summed E-state index contributed by atoms with van der Waals surface area (Å²) >= 11 is 5.92. The van der Waals surface area contributed by atoms with E-state index in [1.54, 1.807) is 19.0 Å². The fourth-order valence-corrected chi connectivity index (χ4v) is 1.73. The Morgan fingerprint density at radius 2 is 2.10 bits per heavy atom. The molecular weight excluding hydrogens is 276 g/mol. The van der Waals surface area contributed by atoms with Crippen molar-refractivity contribution in [3.05, 3.63) is 40.7 Å². The number of nitrogens with one attached hydrogen (secondary N) is 1. The van der Waals surface area contributed by atoms with Gasteiger partial charge in [0.25, 0.3) is 0 Å². The molecule has 0 atom stereocenters. The molecule has 0 spiro atoms. The van der Waals surface area contributed by atoms with Crippen LogP contribution in [-0.2, 0) is 6.54 Å². The molecule has 1 heterocycles. The van der Waals surface area contributed by atoms with Crippen molar-refractivity contribution < 1.29 is 0 Å². The van der Waals surface area contributed by atoms with Crippen molar-refractivity contribution in [2.75, 3.05) is 24.3 Å². The lowest BCUT2D eigenvalue weighted by Gasteiger charge is -2.11. The SMILES string of the molecule is CN(C)c1nc(C#N)nc(NCc2cccc(Cl)c2)n1. The maximum Gasteiger partial charge on any atom is 0.238 e. The molecule has 0 saturated heterocycles. The highest BCUT2D eigenvalue weighted by atomic mass is 35.5. The van der Waals surface area contributed by atoms with E-state index in [4.69, 9.17) is 16.9 Å². The summed E-state index contributed by atoms with van der Waals surface area (Å²) in [7, 11) is 3.61. The molecule has 0 unspecified atom stereocenters. The fourth-order valence-electron chi connectivity index (χ4n) is 1.52. The number of hydrogen-bond acceptors (Lipinski definition) is 6. The third kappa shape index (κ3) is 3.56. The Bertz CT molecular complexity index is 650. The van der Waals surface area contributed by atoms with Gasteiger partial charge in [-0.05, 0) is 17.7 Å². The minimum absolute atomic E-state index is 0.0808. The van der Waals surface area contributed by atoms with Gasteiger partial charge in [-0.3, -0.25) is 0 Å². The third-order valence-electron chi connectivity index (χ3n) is 2.46. The predicted molar refractivity (Wildman–Crippen MR) is 77.6 cm³/mol. The number of nitriles is 1. The van der Waals surface area contributed by atoms with Crippen LogP contribution in [0.2, 0.25) is 5.02 Å². The Morgan fingerprint density at radius 3 is 2.75 bits per heavy atom. The van der Waals surface area contributed by atoms with Gasteiger partial charge in [0.1, 0.15) is 6.07 Å². The minimum Gasteiger partial charge on any atom is -0.350 e. The molecule has 0 bridgehead atoms. The van der Waals surface area contributed by atoms with Crippen molar-refractivity contribution in [1.29, 1.82) is 5.26 Å². The highest BCUT2D eigenvalue weighted by Gasteiger charge is 2.07. The molecule has 2 rings (SSSR count). The zero-order valence-electron chi connectivity index (χ0n) is 11.1. The average molecular weight is 289 g/mol. The molecule has 20 heavy (non-hydrogen) atoms. The molecule has 0 radical (unpaired) electrons. The molecule has 1 aromatic heterocycles. The monoisotopic (exact) mass is 288 g/mol. The van der Waals surface area contributed by atoms with Crippen LogP contribution in [0, 0.1) is 11.3 Å². The lowest BCUT2D eigenvalue weighted by molar-refractivity contribution is 0.928. The van der Waals surface area contributed by atoms with Crippen LogP contribution in [-0.4, -0.2) is 29.0 Å². The summed E-state index contributed by atoms with van der Waals surface area (Å²) in [6, 6.07) is 9.40. The first kappa shape index (κ1) is 14.0. The maximum atomic E-state index is 8.92. The van der Waals surface area contributed by atoms with Crippen LogP contribution in [0.5, 0.6) is 0 Å². The van der Waals surface area contributed by atoms with Gasteiger partial charge in [0, 0.05) is 25.7 Å². The first-order chi connectivity index (χ1) is 9.58. The van der Waals surface area contributed by atoms with Crippen LogP contribution in [0.3, 0.4) is 0 Å². The van der Waals surface area contributed by atoms with Crippen molar-refractivity contribution in [1.82, 2.24) is 15.0 Å². The molecule has 102 valence electrons. The van der Waals surface area contributed by atoms with E-state index < -0.39 is 0 Å². The largest absolute Gasteiger partial charge is 0.350 e. The van der Waals surface area contributed by atoms with Crippen molar-refractivity contribution in [2.24, 2.45) is 0 Å². The standard InChI is InChI=1S/C13H13ClN6/c1-20(2)13-18-11(7-15)17-12(19-13)16-8-9-4-3-5-10(14)6-9/h3-6H,8H2,1-2H3,(H,16,17,18,19). The quantitative estimate of drug-likeness (QED) is 0.928. The number of nitrogens with zero attached hydrogens (tertiary/aromatic N) is 5. The molecule has 6 nitrogen and oxygen atoms in total. The summed E-state index contributed by atoms with van der Waals surface area (Å²) in [5.41, 5.74) is 1.00. The smallest absolute Gasteiger partial charge is 0.238 e.